The summed E-state index contributed by atoms with van der Waals surface area (Å²) < 4.78 is 10.3. The van der Waals surface area contributed by atoms with Crippen LogP contribution < -0.4 is 15.4 Å². The van der Waals surface area contributed by atoms with Crippen molar-refractivity contribution in [3.05, 3.63) is 59.1 Å². The van der Waals surface area contributed by atoms with Crippen molar-refractivity contribution in [2.75, 3.05) is 18.5 Å². The molecule has 0 fully saturated rings. The highest BCUT2D eigenvalue weighted by atomic mass is 35.5. The molecule has 1 unspecified atom stereocenters. The number of anilines is 1. The fourth-order valence-electron chi connectivity index (χ4n) is 2.22. The van der Waals surface area contributed by atoms with Crippen molar-refractivity contribution < 1.29 is 19.1 Å². The summed E-state index contributed by atoms with van der Waals surface area (Å²) in [5, 5.41) is 6.07. The molecular weight excluding hydrogens is 356 g/mol. The number of amides is 2. The minimum Gasteiger partial charge on any atom is -0.484 e. The fourth-order valence-corrected chi connectivity index (χ4v) is 2.34. The van der Waals surface area contributed by atoms with Crippen LogP contribution in [0.5, 0.6) is 5.75 Å². The lowest BCUT2D eigenvalue weighted by molar-refractivity contribution is -0.123. The molecule has 26 heavy (non-hydrogen) atoms. The van der Waals surface area contributed by atoms with Crippen molar-refractivity contribution in [1.29, 1.82) is 0 Å². The van der Waals surface area contributed by atoms with Gasteiger partial charge in [0, 0.05) is 16.8 Å². The number of hydrogen-bond donors (Lipinski definition) is 2. The quantitative estimate of drug-likeness (QED) is 0.760. The van der Waals surface area contributed by atoms with Gasteiger partial charge >= 0.3 is 6.09 Å². The van der Waals surface area contributed by atoms with E-state index in [1.807, 2.05) is 19.1 Å². The fraction of sp³-hybridized carbons (Fsp3) is 0.263. The normalized spacial score (nSPS) is 11.3. The molecule has 0 radical (unpaired) electrons. The number of nitrogens with one attached hydrogen (secondary N) is 2. The first-order valence-electron chi connectivity index (χ1n) is 8.19. The highest BCUT2D eigenvalue weighted by molar-refractivity contribution is 6.30. The van der Waals surface area contributed by atoms with Crippen LogP contribution in [0, 0.1) is 0 Å². The average molecular weight is 377 g/mol. The molecule has 7 heteroatoms. The maximum Gasteiger partial charge on any atom is 0.411 e. The molecule has 0 aliphatic rings. The Kier molecular flexibility index (Phi) is 7.29. The summed E-state index contributed by atoms with van der Waals surface area (Å²) in [5.74, 6) is 0.213. The summed E-state index contributed by atoms with van der Waals surface area (Å²) >= 11 is 5.86. The topological polar surface area (TPSA) is 76.7 Å². The summed E-state index contributed by atoms with van der Waals surface area (Å²) in [6.07, 6.45) is -0.542. The van der Waals surface area contributed by atoms with Crippen molar-refractivity contribution in [3.8, 4) is 5.75 Å². The molecule has 2 rings (SSSR count). The van der Waals surface area contributed by atoms with Gasteiger partial charge in [-0.15, -0.1) is 0 Å². The molecule has 6 nitrogen and oxygen atoms in total. The van der Waals surface area contributed by atoms with Crippen LogP contribution >= 0.6 is 11.6 Å². The molecule has 1 atom stereocenters. The Labute approximate surface area is 157 Å². The Hall–Kier alpha value is -2.73. The molecule has 0 heterocycles. The maximum absolute atomic E-state index is 12.1. The van der Waals surface area contributed by atoms with E-state index in [2.05, 4.69) is 10.6 Å². The summed E-state index contributed by atoms with van der Waals surface area (Å²) in [6.45, 7) is 3.75. The molecule has 2 aromatic rings. The van der Waals surface area contributed by atoms with Crippen LogP contribution in [-0.4, -0.2) is 25.2 Å². The van der Waals surface area contributed by atoms with Crippen LogP contribution in [0.4, 0.5) is 10.5 Å². The maximum atomic E-state index is 12.1. The average Bonchev–Trinajstić information content (AvgIpc) is 2.61. The van der Waals surface area contributed by atoms with Gasteiger partial charge in [-0.25, -0.2) is 4.79 Å². The lowest BCUT2D eigenvalue weighted by Gasteiger charge is -2.15. The van der Waals surface area contributed by atoms with Crippen LogP contribution in [-0.2, 0) is 9.53 Å². The first-order chi connectivity index (χ1) is 12.5. The molecule has 0 aromatic heterocycles. The van der Waals surface area contributed by atoms with Gasteiger partial charge in [0.05, 0.1) is 12.6 Å². The molecule has 0 spiro atoms. The lowest BCUT2D eigenvalue weighted by atomic mass is 10.1. The van der Waals surface area contributed by atoms with Gasteiger partial charge in [-0.1, -0.05) is 29.8 Å². The molecule has 138 valence electrons. The first-order valence-corrected chi connectivity index (χ1v) is 8.57. The molecule has 0 aliphatic carbocycles. The number of carbonyl (C=O) groups excluding carboxylic acids is 2. The predicted molar refractivity (Wildman–Crippen MR) is 101 cm³/mol. The lowest BCUT2D eigenvalue weighted by Crippen LogP contribution is -2.31. The zero-order valence-electron chi connectivity index (χ0n) is 14.6. The minimum atomic E-state index is -0.542. The van der Waals surface area contributed by atoms with Gasteiger partial charge in [0.25, 0.3) is 5.91 Å². The van der Waals surface area contributed by atoms with E-state index in [0.717, 1.165) is 5.56 Å². The molecule has 2 amide bonds. The van der Waals surface area contributed by atoms with E-state index in [0.29, 0.717) is 16.5 Å². The van der Waals surface area contributed by atoms with E-state index in [9.17, 15) is 9.59 Å². The van der Waals surface area contributed by atoms with Crippen LogP contribution in [0.15, 0.2) is 48.5 Å². The number of carbonyl (C=O) groups is 2. The van der Waals surface area contributed by atoms with E-state index in [1.54, 1.807) is 43.3 Å². The third kappa shape index (κ3) is 6.29. The van der Waals surface area contributed by atoms with Crippen molar-refractivity contribution in [1.82, 2.24) is 5.32 Å². The van der Waals surface area contributed by atoms with Crippen molar-refractivity contribution >= 4 is 29.3 Å². The zero-order chi connectivity index (χ0) is 18.9. The summed E-state index contributed by atoms with van der Waals surface area (Å²) in [4.78, 5) is 23.5. The van der Waals surface area contributed by atoms with Gasteiger partial charge < -0.3 is 14.8 Å². The smallest absolute Gasteiger partial charge is 0.411 e. The van der Waals surface area contributed by atoms with Crippen molar-refractivity contribution in [2.45, 2.75) is 19.9 Å². The van der Waals surface area contributed by atoms with Crippen molar-refractivity contribution in [3.63, 3.8) is 0 Å². The van der Waals surface area contributed by atoms with Crippen molar-refractivity contribution in [2.24, 2.45) is 0 Å². The minimum absolute atomic E-state index is 0.138. The number of halogens is 1. The number of ether oxygens (including phenoxy) is 2. The SMILES string of the molecule is CCOC(=O)Nc1cccc(OCC(=O)NC(C)c2ccc(Cl)cc2)c1. The summed E-state index contributed by atoms with van der Waals surface area (Å²) in [7, 11) is 0. The molecule has 0 aliphatic heterocycles. The third-order valence-electron chi connectivity index (χ3n) is 3.47. The number of rotatable bonds is 7. The van der Waals surface area contributed by atoms with Gasteiger partial charge in [-0.2, -0.15) is 0 Å². The van der Waals surface area contributed by atoms with Crippen LogP contribution in [0.3, 0.4) is 0 Å². The van der Waals surface area contributed by atoms with E-state index < -0.39 is 6.09 Å². The zero-order valence-corrected chi connectivity index (χ0v) is 15.4. The van der Waals surface area contributed by atoms with E-state index >= 15 is 0 Å². The summed E-state index contributed by atoms with van der Waals surface area (Å²) in [5.41, 5.74) is 1.47. The van der Waals surface area contributed by atoms with Gasteiger partial charge in [-0.3, -0.25) is 10.1 Å². The standard InChI is InChI=1S/C19H21ClN2O4/c1-3-25-19(24)22-16-5-4-6-17(11-16)26-12-18(23)21-13(2)14-7-9-15(20)10-8-14/h4-11,13H,3,12H2,1-2H3,(H,21,23)(H,22,24). The summed E-state index contributed by atoms with van der Waals surface area (Å²) in [6, 6.07) is 13.8. The van der Waals surface area contributed by atoms with E-state index in [1.165, 1.54) is 0 Å². The largest absolute Gasteiger partial charge is 0.484 e. The molecular formula is C19H21ClN2O4. The van der Waals surface area contributed by atoms with E-state index in [4.69, 9.17) is 21.1 Å². The molecule has 0 saturated carbocycles. The Morgan fingerprint density at radius 2 is 1.88 bits per heavy atom. The Bertz CT molecular complexity index is 749. The van der Waals surface area contributed by atoms with Crippen LogP contribution in [0.25, 0.3) is 0 Å². The molecule has 0 bridgehead atoms. The Morgan fingerprint density at radius 1 is 1.15 bits per heavy atom. The third-order valence-corrected chi connectivity index (χ3v) is 3.73. The molecule has 2 N–H and O–H groups in total. The predicted octanol–water partition coefficient (Wildman–Crippen LogP) is 4.16. The highest BCUT2D eigenvalue weighted by Gasteiger charge is 2.10. The Morgan fingerprint density at radius 3 is 2.58 bits per heavy atom. The van der Waals surface area contributed by atoms with Gasteiger partial charge in [0.1, 0.15) is 5.75 Å². The number of hydrogen-bond acceptors (Lipinski definition) is 4. The van der Waals surface area contributed by atoms with Crippen LogP contribution in [0.1, 0.15) is 25.5 Å². The monoisotopic (exact) mass is 376 g/mol. The highest BCUT2D eigenvalue weighted by Crippen LogP contribution is 2.18. The second-order valence-electron chi connectivity index (χ2n) is 5.50. The van der Waals surface area contributed by atoms with E-state index in [-0.39, 0.29) is 25.2 Å². The molecule has 2 aromatic carbocycles. The van der Waals surface area contributed by atoms with Gasteiger partial charge in [-0.05, 0) is 43.7 Å². The molecule has 0 saturated heterocycles. The number of benzene rings is 2. The second-order valence-corrected chi connectivity index (χ2v) is 5.94. The van der Waals surface area contributed by atoms with Gasteiger partial charge in [0.15, 0.2) is 6.61 Å². The van der Waals surface area contributed by atoms with Crippen LogP contribution in [0.2, 0.25) is 5.02 Å². The van der Waals surface area contributed by atoms with Gasteiger partial charge in [0.2, 0.25) is 0 Å². The Balaban J connectivity index is 1.85. The second kappa shape index (κ2) is 9.68. The first kappa shape index (κ1) is 19.6.